The molecule has 3 aliphatic rings. The number of carbonyl (C=O) groups is 1. The molecule has 5 rings (SSSR count). The lowest BCUT2D eigenvalue weighted by Gasteiger charge is -2.32. The van der Waals surface area contributed by atoms with E-state index in [4.69, 9.17) is 20.7 Å². The maximum atomic E-state index is 12.5. The highest BCUT2D eigenvalue weighted by molar-refractivity contribution is 5.84. The molecule has 1 aliphatic heterocycles. The molecule has 2 amide bonds. The highest BCUT2D eigenvalue weighted by atomic mass is 16.2. The van der Waals surface area contributed by atoms with Gasteiger partial charge in [0.1, 0.15) is 0 Å². The van der Waals surface area contributed by atoms with Crippen LogP contribution in [-0.2, 0) is 0 Å². The molecule has 2 aromatic rings. The van der Waals surface area contributed by atoms with Crippen molar-refractivity contribution in [2.75, 3.05) is 30.3 Å². The molecule has 0 bridgehead atoms. The number of rotatable bonds is 9. The van der Waals surface area contributed by atoms with E-state index < -0.39 is 0 Å². The van der Waals surface area contributed by atoms with Gasteiger partial charge in [-0.15, -0.1) is 0 Å². The van der Waals surface area contributed by atoms with Gasteiger partial charge in [0.05, 0.1) is 6.33 Å². The Morgan fingerprint density at radius 1 is 0.973 bits per heavy atom. The Balaban J connectivity index is 1.27. The number of aromatic nitrogens is 4. The normalized spacial score (nSPS) is 23.5. The molecular formula is C27H45N9O. The second-order valence-electron chi connectivity index (χ2n) is 11.3. The number of hydrogen-bond donors (Lipinski definition) is 4. The fourth-order valence-corrected chi connectivity index (χ4v) is 6.08. The molecule has 2 aliphatic carbocycles. The van der Waals surface area contributed by atoms with Gasteiger partial charge in [0.15, 0.2) is 17.0 Å². The smallest absolute Gasteiger partial charge is 0.317 e. The lowest BCUT2D eigenvalue weighted by Crippen LogP contribution is -2.47. The van der Waals surface area contributed by atoms with Crippen LogP contribution in [0.3, 0.4) is 0 Å². The molecule has 2 saturated carbocycles. The number of amides is 2. The van der Waals surface area contributed by atoms with Gasteiger partial charge in [-0.25, -0.2) is 9.78 Å². The molecule has 10 nitrogen and oxygen atoms in total. The van der Waals surface area contributed by atoms with Crippen LogP contribution >= 0.6 is 0 Å². The summed E-state index contributed by atoms with van der Waals surface area (Å²) in [6.07, 6.45) is 16.1. The van der Waals surface area contributed by atoms with Crippen molar-refractivity contribution in [1.82, 2.24) is 29.7 Å². The molecule has 5 N–H and O–H groups in total. The van der Waals surface area contributed by atoms with Crippen LogP contribution in [0.5, 0.6) is 0 Å². The summed E-state index contributed by atoms with van der Waals surface area (Å²) in [7, 11) is 0. The molecule has 10 heteroatoms. The summed E-state index contributed by atoms with van der Waals surface area (Å²) in [5.41, 5.74) is 7.89. The van der Waals surface area contributed by atoms with Gasteiger partial charge in [0.2, 0.25) is 5.95 Å². The molecule has 1 saturated heterocycles. The van der Waals surface area contributed by atoms with Crippen molar-refractivity contribution in [3.63, 3.8) is 0 Å². The molecule has 204 valence electrons. The molecule has 3 fully saturated rings. The Morgan fingerprint density at radius 3 is 2.43 bits per heavy atom. The van der Waals surface area contributed by atoms with Gasteiger partial charge in [-0.05, 0) is 57.8 Å². The third kappa shape index (κ3) is 6.45. The van der Waals surface area contributed by atoms with Crippen LogP contribution in [-0.4, -0.2) is 68.2 Å². The van der Waals surface area contributed by atoms with E-state index in [0.717, 1.165) is 94.4 Å². The highest BCUT2D eigenvalue weighted by Gasteiger charge is 2.27. The van der Waals surface area contributed by atoms with Crippen LogP contribution in [0.4, 0.5) is 16.6 Å². The predicted octanol–water partition coefficient (Wildman–Crippen LogP) is 4.40. The number of carbonyl (C=O) groups excluding carboxylic acids is 1. The predicted molar refractivity (Wildman–Crippen MR) is 148 cm³/mol. The highest BCUT2D eigenvalue weighted by Crippen LogP contribution is 2.34. The Morgan fingerprint density at radius 2 is 1.70 bits per heavy atom. The Hall–Kier alpha value is -2.62. The van der Waals surface area contributed by atoms with E-state index >= 15 is 0 Å². The largest absolute Gasteiger partial charge is 0.365 e. The summed E-state index contributed by atoms with van der Waals surface area (Å²) >= 11 is 0. The van der Waals surface area contributed by atoms with E-state index in [-0.39, 0.29) is 12.1 Å². The SMILES string of the molecule is CCCCCNC(=O)N1CCC(Nc2nc(NC3CCC(N)CC3)nc3c2ncn3C2CCCC2)CC1. The summed E-state index contributed by atoms with van der Waals surface area (Å²) in [5.74, 6) is 1.48. The minimum Gasteiger partial charge on any atom is -0.365 e. The van der Waals surface area contributed by atoms with Gasteiger partial charge in [0.25, 0.3) is 0 Å². The molecule has 2 aromatic heterocycles. The number of unbranched alkanes of at least 4 members (excludes halogenated alkanes) is 2. The van der Waals surface area contributed by atoms with E-state index in [1.807, 2.05) is 11.2 Å². The van der Waals surface area contributed by atoms with Crippen LogP contribution in [0.25, 0.3) is 11.2 Å². The molecule has 37 heavy (non-hydrogen) atoms. The number of nitrogens with zero attached hydrogens (tertiary/aromatic N) is 5. The van der Waals surface area contributed by atoms with Gasteiger partial charge in [-0.1, -0.05) is 32.6 Å². The van der Waals surface area contributed by atoms with E-state index in [1.165, 1.54) is 25.7 Å². The third-order valence-electron chi connectivity index (χ3n) is 8.42. The van der Waals surface area contributed by atoms with Gasteiger partial charge < -0.3 is 31.2 Å². The van der Waals surface area contributed by atoms with Crippen molar-refractivity contribution in [2.45, 2.75) is 115 Å². The summed E-state index contributed by atoms with van der Waals surface area (Å²) in [6.45, 7) is 4.43. The van der Waals surface area contributed by atoms with E-state index in [9.17, 15) is 4.79 Å². The van der Waals surface area contributed by atoms with E-state index in [1.54, 1.807) is 0 Å². The topological polar surface area (TPSA) is 126 Å². The third-order valence-corrected chi connectivity index (χ3v) is 8.42. The number of piperidine rings is 1. The minimum absolute atomic E-state index is 0.0629. The first-order valence-corrected chi connectivity index (χ1v) is 14.7. The number of imidazole rings is 1. The summed E-state index contributed by atoms with van der Waals surface area (Å²) < 4.78 is 2.27. The Kier molecular flexibility index (Phi) is 8.63. The second-order valence-corrected chi connectivity index (χ2v) is 11.3. The minimum atomic E-state index is 0.0629. The zero-order valence-corrected chi connectivity index (χ0v) is 22.4. The zero-order valence-electron chi connectivity index (χ0n) is 22.4. The van der Waals surface area contributed by atoms with E-state index in [0.29, 0.717) is 24.1 Å². The van der Waals surface area contributed by atoms with Crippen LogP contribution in [0, 0.1) is 0 Å². The number of likely N-dealkylation sites (tertiary alicyclic amines) is 1. The van der Waals surface area contributed by atoms with Crippen LogP contribution < -0.4 is 21.7 Å². The molecule has 0 aromatic carbocycles. The van der Waals surface area contributed by atoms with Crippen molar-refractivity contribution >= 4 is 29.0 Å². The number of urea groups is 1. The number of anilines is 2. The standard InChI is InChI=1S/C27H45N9O/c1-2-3-6-15-29-27(37)35-16-13-21(14-17-35)31-24-23-25(36(18-30-23)22-7-4-5-8-22)34-26(33-24)32-20-11-9-19(28)10-12-20/h18-22H,2-17,28H2,1H3,(H,29,37)(H2,31,32,33,34). The van der Waals surface area contributed by atoms with Gasteiger partial charge in [-0.3, -0.25) is 0 Å². The Bertz CT molecular complexity index is 1020. The quantitative estimate of drug-likeness (QED) is 0.368. The molecule has 0 atom stereocenters. The maximum Gasteiger partial charge on any atom is 0.317 e. The summed E-state index contributed by atoms with van der Waals surface area (Å²) in [4.78, 5) is 29.1. The molecule has 3 heterocycles. The molecule has 0 unspecified atom stereocenters. The lowest BCUT2D eigenvalue weighted by molar-refractivity contribution is 0.183. The van der Waals surface area contributed by atoms with Gasteiger partial charge in [0, 0.05) is 43.8 Å². The van der Waals surface area contributed by atoms with Crippen molar-refractivity contribution < 1.29 is 4.79 Å². The van der Waals surface area contributed by atoms with Gasteiger partial charge in [-0.2, -0.15) is 9.97 Å². The average molecular weight is 512 g/mol. The second kappa shape index (κ2) is 12.3. The summed E-state index contributed by atoms with van der Waals surface area (Å²) in [5, 5.41) is 10.4. The van der Waals surface area contributed by atoms with Crippen LogP contribution in [0.2, 0.25) is 0 Å². The lowest BCUT2D eigenvalue weighted by atomic mass is 9.92. The Labute approximate surface area is 220 Å². The first-order valence-electron chi connectivity index (χ1n) is 14.7. The van der Waals surface area contributed by atoms with Crippen molar-refractivity contribution in [3.05, 3.63) is 6.33 Å². The van der Waals surface area contributed by atoms with Crippen molar-refractivity contribution in [2.24, 2.45) is 5.73 Å². The first kappa shape index (κ1) is 26.0. The molecular weight excluding hydrogens is 466 g/mol. The number of fused-ring (bicyclic) bond motifs is 1. The average Bonchev–Trinajstić information content (AvgIpc) is 3.59. The summed E-state index contributed by atoms with van der Waals surface area (Å²) in [6, 6.07) is 1.44. The first-order chi connectivity index (χ1) is 18.1. The van der Waals surface area contributed by atoms with Crippen molar-refractivity contribution in [1.29, 1.82) is 0 Å². The van der Waals surface area contributed by atoms with E-state index in [2.05, 4.69) is 27.4 Å². The monoisotopic (exact) mass is 511 g/mol. The fraction of sp³-hybridized carbons (Fsp3) is 0.778. The fourth-order valence-electron chi connectivity index (χ4n) is 6.08. The number of nitrogens with one attached hydrogen (secondary N) is 3. The number of nitrogens with two attached hydrogens (primary N) is 1. The zero-order chi connectivity index (χ0) is 25.6. The maximum absolute atomic E-state index is 12.5. The van der Waals surface area contributed by atoms with Gasteiger partial charge >= 0.3 is 6.03 Å². The molecule has 0 radical (unpaired) electrons. The van der Waals surface area contributed by atoms with Crippen molar-refractivity contribution in [3.8, 4) is 0 Å². The van der Waals surface area contributed by atoms with Crippen LogP contribution in [0.15, 0.2) is 6.33 Å². The van der Waals surface area contributed by atoms with Crippen LogP contribution in [0.1, 0.15) is 96.4 Å². The molecule has 0 spiro atoms. The number of hydrogen-bond acceptors (Lipinski definition) is 7.